The molecular formula is C30H49NO3Si. The average Bonchev–Trinajstić information content (AvgIpc) is 2.79. The van der Waals surface area contributed by atoms with Crippen molar-refractivity contribution in [1.82, 2.24) is 4.90 Å². The zero-order chi connectivity index (χ0) is 26.1. The van der Waals surface area contributed by atoms with E-state index in [1.165, 1.54) is 11.1 Å². The van der Waals surface area contributed by atoms with E-state index in [1.807, 2.05) is 30.1 Å². The van der Waals surface area contributed by atoms with E-state index in [2.05, 4.69) is 78.1 Å². The molecular weight excluding hydrogens is 450 g/mol. The molecule has 5 heteroatoms. The maximum absolute atomic E-state index is 13.0. The molecule has 3 atom stereocenters. The number of rotatable bonds is 7. The minimum Gasteiger partial charge on any atom is -0.411 e. The van der Waals surface area contributed by atoms with Crippen molar-refractivity contribution in [2.24, 2.45) is 5.92 Å². The van der Waals surface area contributed by atoms with Crippen molar-refractivity contribution in [1.29, 1.82) is 0 Å². The number of ether oxygens (including phenoxy) is 1. The molecule has 1 heterocycles. The number of carbonyl (C=O) groups is 1. The molecule has 0 spiro atoms. The van der Waals surface area contributed by atoms with E-state index in [0.29, 0.717) is 19.6 Å². The van der Waals surface area contributed by atoms with Gasteiger partial charge >= 0.3 is 0 Å². The summed E-state index contributed by atoms with van der Waals surface area (Å²) < 4.78 is 12.7. The van der Waals surface area contributed by atoms with Gasteiger partial charge in [-0.2, -0.15) is 0 Å². The molecule has 0 radical (unpaired) electrons. The maximum Gasteiger partial charge on any atom is 0.222 e. The Balaban J connectivity index is 2.17. The van der Waals surface area contributed by atoms with Crippen LogP contribution >= 0.6 is 0 Å². The number of nitrogens with zero attached hydrogens (tertiary/aromatic N) is 1. The quantitative estimate of drug-likeness (QED) is 0.221. The van der Waals surface area contributed by atoms with Crippen LogP contribution in [0.5, 0.6) is 0 Å². The Morgan fingerprint density at radius 1 is 1.11 bits per heavy atom. The Bertz CT molecular complexity index is 841. The number of likely N-dealkylation sites (N-methyl/N-ethyl adjacent to an activating group) is 1. The molecule has 1 aliphatic rings. The standard InChI is InChI=1S/C30H49NO3Si/c1-24-19-20-27(34-35(7,8)30(3,4)5)17-13-10-14-18-28(32)31(6)29(24)25(2)21-22-33-23-26-15-11-9-12-16-26/h9,11-12,15-16,19-21,24,27,29H,10,13-14,17-18,22-23H2,1-8H3/b20-19+,25-21+/t24-,27?,29?/m0/s1. The largest absolute Gasteiger partial charge is 0.411 e. The molecule has 1 amide bonds. The highest BCUT2D eigenvalue weighted by Gasteiger charge is 2.38. The summed E-state index contributed by atoms with van der Waals surface area (Å²) in [6.07, 6.45) is 11.5. The SMILES string of the molecule is C/C(=C\COCc1ccccc1)C1[C@@H](C)/C=C/C(O[Si](C)(C)C(C)(C)C)CCCCCC(=O)N1C. The predicted molar refractivity (Wildman–Crippen MR) is 150 cm³/mol. The lowest BCUT2D eigenvalue weighted by Crippen LogP contribution is -2.44. The summed E-state index contributed by atoms with van der Waals surface area (Å²) in [5.74, 6) is 0.405. The first-order valence-electron chi connectivity index (χ1n) is 13.3. The highest BCUT2D eigenvalue weighted by atomic mass is 28.4. The van der Waals surface area contributed by atoms with Gasteiger partial charge in [-0.25, -0.2) is 0 Å². The third-order valence-corrected chi connectivity index (χ3v) is 12.2. The van der Waals surface area contributed by atoms with E-state index in [0.717, 1.165) is 25.7 Å². The smallest absolute Gasteiger partial charge is 0.222 e. The van der Waals surface area contributed by atoms with Gasteiger partial charge in [-0.05, 0) is 49.4 Å². The van der Waals surface area contributed by atoms with Crippen molar-refractivity contribution >= 4 is 14.2 Å². The number of hydrogen-bond acceptors (Lipinski definition) is 3. The molecule has 1 aliphatic heterocycles. The Morgan fingerprint density at radius 3 is 2.46 bits per heavy atom. The summed E-state index contributed by atoms with van der Waals surface area (Å²) in [7, 11) is 0.0916. The van der Waals surface area contributed by atoms with Crippen LogP contribution in [0.15, 0.2) is 54.1 Å². The number of benzene rings is 1. The molecule has 0 aliphatic carbocycles. The number of carbonyl (C=O) groups excluding carboxylic acids is 1. The fourth-order valence-corrected chi connectivity index (χ4v) is 5.73. The van der Waals surface area contributed by atoms with Gasteiger partial charge in [0.25, 0.3) is 0 Å². The second-order valence-corrected chi connectivity index (χ2v) is 16.4. The Hall–Kier alpha value is -1.69. The Labute approximate surface area is 215 Å². The summed E-state index contributed by atoms with van der Waals surface area (Å²) in [6.45, 7) is 17.0. The minimum atomic E-state index is -1.86. The molecule has 0 saturated heterocycles. The van der Waals surface area contributed by atoms with Crippen LogP contribution in [0.4, 0.5) is 0 Å². The summed E-state index contributed by atoms with van der Waals surface area (Å²) in [4.78, 5) is 14.9. The van der Waals surface area contributed by atoms with E-state index in [-0.39, 0.29) is 29.0 Å². The van der Waals surface area contributed by atoms with Gasteiger partial charge < -0.3 is 14.1 Å². The third-order valence-electron chi connectivity index (χ3n) is 7.67. The van der Waals surface area contributed by atoms with Crippen LogP contribution in [0.1, 0.15) is 72.3 Å². The lowest BCUT2D eigenvalue weighted by Gasteiger charge is -2.39. The van der Waals surface area contributed by atoms with Crippen LogP contribution in [-0.4, -0.2) is 44.9 Å². The van der Waals surface area contributed by atoms with Crippen molar-refractivity contribution in [3.63, 3.8) is 0 Å². The lowest BCUT2D eigenvalue weighted by atomic mass is 9.91. The van der Waals surface area contributed by atoms with Crippen molar-refractivity contribution in [3.05, 3.63) is 59.7 Å². The average molecular weight is 500 g/mol. The number of amides is 1. The zero-order valence-electron chi connectivity index (χ0n) is 23.5. The van der Waals surface area contributed by atoms with Crippen molar-refractivity contribution in [2.45, 2.75) is 104 Å². The summed E-state index contributed by atoms with van der Waals surface area (Å²) in [6, 6.07) is 10.2. The fourth-order valence-electron chi connectivity index (χ4n) is 4.42. The van der Waals surface area contributed by atoms with E-state index >= 15 is 0 Å². The maximum atomic E-state index is 13.0. The van der Waals surface area contributed by atoms with E-state index < -0.39 is 8.32 Å². The van der Waals surface area contributed by atoms with Gasteiger partial charge in [0.2, 0.25) is 5.91 Å². The van der Waals surface area contributed by atoms with E-state index in [4.69, 9.17) is 9.16 Å². The van der Waals surface area contributed by atoms with Crippen LogP contribution in [0, 0.1) is 5.92 Å². The van der Waals surface area contributed by atoms with Gasteiger partial charge in [0, 0.05) is 13.5 Å². The minimum absolute atomic E-state index is 0.00650. The normalized spacial score (nSPS) is 24.6. The predicted octanol–water partition coefficient (Wildman–Crippen LogP) is 7.52. The van der Waals surface area contributed by atoms with Crippen LogP contribution < -0.4 is 0 Å². The van der Waals surface area contributed by atoms with E-state index in [1.54, 1.807) is 0 Å². The van der Waals surface area contributed by atoms with Crippen molar-refractivity contribution in [2.75, 3.05) is 13.7 Å². The van der Waals surface area contributed by atoms with Gasteiger partial charge in [0.05, 0.1) is 25.4 Å². The topological polar surface area (TPSA) is 38.8 Å². The van der Waals surface area contributed by atoms with Crippen LogP contribution in [0.3, 0.4) is 0 Å². The molecule has 1 aromatic rings. The Kier molecular flexibility index (Phi) is 11.5. The lowest BCUT2D eigenvalue weighted by molar-refractivity contribution is -0.132. The second kappa shape index (κ2) is 13.6. The van der Waals surface area contributed by atoms with Gasteiger partial charge in [-0.15, -0.1) is 0 Å². The van der Waals surface area contributed by atoms with Crippen molar-refractivity contribution in [3.8, 4) is 0 Å². The molecule has 2 unspecified atom stereocenters. The molecule has 0 N–H and O–H groups in total. The van der Waals surface area contributed by atoms with Crippen LogP contribution in [0.25, 0.3) is 0 Å². The first-order valence-corrected chi connectivity index (χ1v) is 16.2. The highest BCUT2D eigenvalue weighted by Crippen LogP contribution is 2.38. The summed E-state index contributed by atoms with van der Waals surface area (Å²) in [5.41, 5.74) is 2.34. The fraction of sp³-hybridized carbons (Fsp3) is 0.633. The zero-order valence-corrected chi connectivity index (χ0v) is 24.5. The second-order valence-electron chi connectivity index (χ2n) is 11.7. The molecule has 2 rings (SSSR count). The Morgan fingerprint density at radius 2 is 1.80 bits per heavy atom. The highest BCUT2D eigenvalue weighted by molar-refractivity contribution is 6.74. The van der Waals surface area contributed by atoms with Crippen LogP contribution in [0.2, 0.25) is 18.1 Å². The molecule has 0 aromatic heterocycles. The van der Waals surface area contributed by atoms with E-state index in [9.17, 15) is 4.79 Å². The summed E-state index contributed by atoms with van der Waals surface area (Å²) in [5, 5.41) is 0.185. The van der Waals surface area contributed by atoms with Gasteiger partial charge in [0.1, 0.15) is 0 Å². The molecule has 1 aromatic carbocycles. The number of hydrogen-bond donors (Lipinski definition) is 0. The first kappa shape index (κ1) is 29.5. The van der Waals surface area contributed by atoms with Gasteiger partial charge in [0.15, 0.2) is 8.32 Å². The molecule has 4 nitrogen and oxygen atoms in total. The molecule has 0 saturated carbocycles. The summed E-state index contributed by atoms with van der Waals surface area (Å²) >= 11 is 0. The monoisotopic (exact) mass is 499 g/mol. The van der Waals surface area contributed by atoms with Crippen molar-refractivity contribution < 1.29 is 14.0 Å². The van der Waals surface area contributed by atoms with Gasteiger partial charge in [-0.1, -0.05) is 94.7 Å². The molecule has 0 fully saturated rings. The molecule has 196 valence electrons. The third kappa shape index (κ3) is 9.36. The molecule has 0 bridgehead atoms. The van der Waals surface area contributed by atoms with Gasteiger partial charge in [-0.3, -0.25) is 4.79 Å². The molecule has 35 heavy (non-hydrogen) atoms. The van der Waals surface area contributed by atoms with Crippen LogP contribution in [-0.2, 0) is 20.6 Å². The first-order chi connectivity index (χ1) is 16.4.